The summed E-state index contributed by atoms with van der Waals surface area (Å²) in [6.45, 7) is 1.76. The van der Waals surface area contributed by atoms with E-state index in [1.165, 1.54) is 0 Å². The van der Waals surface area contributed by atoms with Crippen molar-refractivity contribution in [2.45, 2.75) is 12.8 Å². The number of hydrogen-bond donors (Lipinski definition) is 0. The summed E-state index contributed by atoms with van der Waals surface area (Å²) < 4.78 is 0. The van der Waals surface area contributed by atoms with Crippen LogP contribution >= 0.6 is 0 Å². The van der Waals surface area contributed by atoms with Crippen LogP contribution in [0.5, 0.6) is 0 Å². The molecule has 0 atom stereocenters. The molecule has 0 bridgehead atoms. The molecule has 1 radical (unpaired) electrons. The molecule has 1 aliphatic heterocycles. The number of piperidine rings is 1. The van der Waals surface area contributed by atoms with Gasteiger partial charge in [-0.1, -0.05) is 5.16 Å². The van der Waals surface area contributed by atoms with E-state index in [-0.39, 0.29) is 0 Å². The second-order valence-electron chi connectivity index (χ2n) is 2.05. The number of oxime groups is 1. The minimum Gasteiger partial charge on any atom is -0.399 e. The van der Waals surface area contributed by atoms with E-state index < -0.39 is 0 Å². The molecule has 0 unspecified atom stereocenters. The molecule has 0 aromatic heterocycles. The molecule has 1 rings (SSSR count). The second kappa shape index (κ2) is 3.45. The molecule has 0 aromatic carbocycles. The van der Waals surface area contributed by atoms with Crippen molar-refractivity contribution < 1.29 is 4.84 Å². The van der Waals surface area contributed by atoms with E-state index in [9.17, 15) is 0 Å². The van der Waals surface area contributed by atoms with Crippen molar-refractivity contribution in [1.29, 1.82) is 0 Å². The lowest BCUT2D eigenvalue weighted by Gasteiger charge is -2.10. The van der Waals surface area contributed by atoms with Crippen molar-refractivity contribution in [1.82, 2.24) is 5.32 Å². The molecule has 0 aromatic rings. The Kier molecular flexibility index (Phi) is 2.51. The summed E-state index contributed by atoms with van der Waals surface area (Å²) in [4.78, 5) is 4.61. The van der Waals surface area contributed by atoms with Gasteiger partial charge in [-0.05, 0) is 12.8 Å². The predicted octanol–water partition coefficient (Wildman–Crippen LogP) is 0.387. The maximum Gasteiger partial charge on any atom is 0.106 e. The minimum absolute atomic E-state index is 0.772. The first-order valence-electron chi connectivity index (χ1n) is 3.15. The van der Waals surface area contributed by atoms with Crippen LogP contribution in [-0.2, 0) is 4.84 Å². The first-order chi connectivity index (χ1) is 4.43. The van der Waals surface area contributed by atoms with Gasteiger partial charge in [0.25, 0.3) is 0 Å². The van der Waals surface area contributed by atoms with Gasteiger partial charge in [-0.3, -0.25) is 0 Å². The van der Waals surface area contributed by atoms with Crippen LogP contribution in [0.25, 0.3) is 0 Å². The average Bonchev–Trinajstić information content (AvgIpc) is 1.91. The molecular weight excluding hydrogens is 116 g/mol. The van der Waals surface area contributed by atoms with Crippen molar-refractivity contribution in [3.05, 3.63) is 0 Å². The molecule has 0 spiro atoms. The van der Waals surface area contributed by atoms with Crippen LogP contribution in [0.2, 0.25) is 0 Å². The van der Waals surface area contributed by atoms with Gasteiger partial charge in [0.05, 0.1) is 12.3 Å². The van der Waals surface area contributed by atoms with Crippen molar-refractivity contribution in [2.24, 2.45) is 5.16 Å². The highest BCUT2D eigenvalue weighted by Crippen LogP contribution is 1.98. The zero-order valence-electron chi connectivity index (χ0n) is 5.63. The Balaban J connectivity index is 2.30. The molecule has 1 saturated heterocycles. The van der Waals surface area contributed by atoms with Gasteiger partial charge < -0.3 is 4.84 Å². The van der Waals surface area contributed by atoms with Crippen LogP contribution in [0.1, 0.15) is 12.8 Å². The first kappa shape index (κ1) is 6.55. The van der Waals surface area contributed by atoms with E-state index in [2.05, 4.69) is 15.3 Å². The standard InChI is InChI=1S/C6H11N2O/c1-9-8-6-3-2-4-7-5-6/h2-5H2,1H3. The van der Waals surface area contributed by atoms with Crippen LogP contribution in [0, 0.1) is 0 Å². The first-order valence-corrected chi connectivity index (χ1v) is 3.15. The molecule has 0 amide bonds. The second-order valence-corrected chi connectivity index (χ2v) is 2.05. The van der Waals surface area contributed by atoms with E-state index in [1.54, 1.807) is 7.11 Å². The average molecular weight is 127 g/mol. The molecule has 3 heteroatoms. The third-order valence-corrected chi connectivity index (χ3v) is 1.30. The highest BCUT2D eigenvalue weighted by Gasteiger charge is 2.06. The summed E-state index contributed by atoms with van der Waals surface area (Å²) in [5.74, 6) is 0. The molecule has 1 aliphatic rings. The predicted molar refractivity (Wildman–Crippen MR) is 35.5 cm³/mol. The number of nitrogens with zero attached hydrogens (tertiary/aromatic N) is 2. The summed E-state index contributed by atoms with van der Waals surface area (Å²) >= 11 is 0. The Morgan fingerprint density at radius 1 is 1.67 bits per heavy atom. The molecule has 0 aliphatic carbocycles. The van der Waals surface area contributed by atoms with E-state index in [0.717, 1.165) is 31.6 Å². The number of rotatable bonds is 1. The van der Waals surface area contributed by atoms with Crippen LogP contribution < -0.4 is 5.32 Å². The largest absolute Gasteiger partial charge is 0.399 e. The maximum absolute atomic E-state index is 4.61. The Morgan fingerprint density at radius 2 is 2.56 bits per heavy atom. The fourth-order valence-corrected chi connectivity index (χ4v) is 0.886. The van der Waals surface area contributed by atoms with Crippen LogP contribution in [0.4, 0.5) is 0 Å². The lowest BCUT2D eigenvalue weighted by atomic mass is 10.1. The normalized spacial score (nSPS) is 24.3. The third kappa shape index (κ3) is 2.01. The summed E-state index contributed by atoms with van der Waals surface area (Å²) in [6, 6.07) is 0. The molecule has 3 nitrogen and oxygen atoms in total. The van der Waals surface area contributed by atoms with Gasteiger partial charge in [0.15, 0.2) is 0 Å². The quantitative estimate of drug-likeness (QED) is 0.469. The molecule has 0 saturated carbocycles. The van der Waals surface area contributed by atoms with Crippen LogP contribution in [-0.4, -0.2) is 25.9 Å². The Hall–Kier alpha value is -0.570. The molecule has 0 N–H and O–H groups in total. The monoisotopic (exact) mass is 127 g/mol. The van der Waals surface area contributed by atoms with E-state index in [4.69, 9.17) is 0 Å². The fraction of sp³-hybridized carbons (Fsp3) is 0.833. The highest BCUT2D eigenvalue weighted by molar-refractivity contribution is 5.86. The summed E-state index contributed by atoms with van der Waals surface area (Å²) in [7, 11) is 1.57. The van der Waals surface area contributed by atoms with Gasteiger partial charge in [-0.15, -0.1) is 0 Å². The summed E-state index contributed by atoms with van der Waals surface area (Å²) in [5, 5.41) is 7.97. The molecule has 1 heterocycles. The van der Waals surface area contributed by atoms with Crippen molar-refractivity contribution >= 4 is 5.71 Å². The lowest BCUT2D eigenvalue weighted by Crippen LogP contribution is -2.24. The van der Waals surface area contributed by atoms with E-state index in [0.29, 0.717) is 0 Å². The van der Waals surface area contributed by atoms with Gasteiger partial charge in [-0.25, -0.2) is 5.32 Å². The zero-order valence-corrected chi connectivity index (χ0v) is 5.63. The smallest absolute Gasteiger partial charge is 0.106 e. The van der Waals surface area contributed by atoms with Gasteiger partial charge in [-0.2, -0.15) is 0 Å². The Bertz CT molecular complexity index is 104. The van der Waals surface area contributed by atoms with Gasteiger partial charge in [0.1, 0.15) is 7.11 Å². The van der Waals surface area contributed by atoms with Crippen LogP contribution in [0.15, 0.2) is 5.16 Å². The lowest BCUT2D eigenvalue weighted by molar-refractivity contribution is 0.211. The SMILES string of the molecule is CON=C1CCC[N]C1. The zero-order chi connectivity index (χ0) is 6.53. The Labute approximate surface area is 55.1 Å². The van der Waals surface area contributed by atoms with E-state index >= 15 is 0 Å². The fourth-order valence-electron chi connectivity index (χ4n) is 0.886. The topological polar surface area (TPSA) is 35.7 Å². The minimum atomic E-state index is 0.772. The van der Waals surface area contributed by atoms with Crippen LogP contribution in [0.3, 0.4) is 0 Å². The van der Waals surface area contributed by atoms with Crippen molar-refractivity contribution in [3.63, 3.8) is 0 Å². The molecule has 1 fully saturated rings. The summed E-state index contributed by atoms with van der Waals surface area (Å²) in [6.07, 6.45) is 2.18. The van der Waals surface area contributed by atoms with Gasteiger partial charge >= 0.3 is 0 Å². The van der Waals surface area contributed by atoms with Crippen molar-refractivity contribution in [2.75, 3.05) is 20.2 Å². The summed E-state index contributed by atoms with van der Waals surface area (Å²) in [5.41, 5.74) is 1.07. The van der Waals surface area contributed by atoms with E-state index in [1.807, 2.05) is 0 Å². The van der Waals surface area contributed by atoms with Gasteiger partial charge in [0.2, 0.25) is 0 Å². The Morgan fingerprint density at radius 3 is 3.11 bits per heavy atom. The molecule has 9 heavy (non-hydrogen) atoms. The molecular formula is C6H11N2O. The maximum atomic E-state index is 4.61. The number of hydrogen-bond acceptors (Lipinski definition) is 2. The van der Waals surface area contributed by atoms with Gasteiger partial charge in [0, 0.05) is 6.54 Å². The highest BCUT2D eigenvalue weighted by atomic mass is 16.6. The molecule has 51 valence electrons. The third-order valence-electron chi connectivity index (χ3n) is 1.30. The van der Waals surface area contributed by atoms with Crippen molar-refractivity contribution in [3.8, 4) is 0 Å².